The Morgan fingerprint density at radius 2 is 2.35 bits per heavy atom. The Kier molecular flexibility index (Phi) is 4.02. The third-order valence-corrected chi connectivity index (χ3v) is 4.36. The van der Waals surface area contributed by atoms with E-state index in [1.165, 1.54) is 11.5 Å². The maximum absolute atomic E-state index is 11.8. The summed E-state index contributed by atoms with van der Waals surface area (Å²) in [4.78, 5) is 15.2. The molecular formula is C13H19N3O3S. The van der Waals surface area contributed by atoms with Gasteiger partial charge in [0.1, 0.15) is 5.69 Å². The van der Waals surface area contributed by atoms with Crippen LogP contribution in [0.1, 0.15) is 21.8 Å². The molecule has 6 nitrogen and oxygen atoms in total. The number of aromatic nitrogens is 1. The highest BCUT2D eigenvalue weighted by Crippen LogP contribution is 2.29. The van der Waals surface area contributed by atoms with Gasteiger partial charge in [-0.05, 0) is 24.5 Å². The lowest BCUT2D eigenvalue weighted by Crippen LogP contribution is -2.38. The molecule has 20 heavy (non-hydrogen) atoms. The average Bonchev–Trinajstić information content (AvgIpc) is 3.14. The molecule has 1 aromatic heterocycles. The van der Waals surface area contributed by atoms with Crippen LogP contribution in [0.4, 0.5) is 0 Å². The van der Waals surface area contributed by atoms with Gasteiger partial charge in [-0.2, -0.15) is 4.37 Å². The number of aryl methyl sites for hydroxylation is 1. The summed E-state index contributed by atoms with van der Waals surface area (Å²) in [5.74, 6) is -0.479. The van der Waals surface area contributed by atoms with Gasteiger partial charge < -0.3 is 14.8 Å². The zero-order valence-corrected chi connectivity index (χ0v) is 12.4. The molecule has 1 amide bonds. The van der Waals surface area contributed by atoms with Crippen molar-refractivity contribution in [3.63, 3.8) is 0 Å². The summed E-state index contributed by atoms with van der Waals surface area (Å²) < 4.78 is 15.4. The molecule has 0 bridgehead atoms. The van der Waals surface area contributed by atoms with Crippen LogP contribution in [0, 0.1) is 6.92 Å². The molecule has 2 fully saturated rings. The monoisotopic (exact) mass is 297 g/mol. The van der Waals surface area contributed by atoms with Crippen LogP contribution in [0.2, 0.25) is 0 Å². The highest BCUT2D eigenvalue weighted by Gasteiger charge is 2.42. The van der Waals surface area contributed by atoms with E-state index >= 15 is 0 Å². The average molecular weight is 297 g/mol. The van der Waals surface area contributed by atoms with Crippen molar-refractivity contribution in [2.45, 2.75) is 19.1 Å². The lowest BCUT2D eigenvalue weighted by molar-refractivity contribution is -0.145. The highest BCUT2D eigenvalue weighted by atomic mass is 32.1. The predicted molar refractivity (Wildman–Crippen MR) is 74.9 cm³/mol. The van der Waals surface area contributed by atoms with E-state index in [1.54, 1.807) is 0 Å². The summed E-state index contributed by atoms with van der Waals surface area (Å²) in [6.07, 6.45) is 0.909. The fraction of sp³-hybridized carbons (Fsp3) is 0.692. The zero-order valence-electron chi connectivity index (χ0n) is 11.6. The van der Waals surface area contributed by atoms with Crippen molar-refractivity contribution in [2.24, 2.45) is 0 Å². The third-order valence-electron chi connectivity index (χ3n) is 3.66. The summed E-state index contributed by atoms with van der Waals surface area (Å²) in [5.41, 5.74) is 0.507. The Labute approximate surface area is 122 Å². The van der Waals surface area contributed by atoms with E-state index in [4.69, 9.17) is 9.47 Å². The van der Waals surface area contributed by atoms with E-state index in [0.717, 1.165) is 30.9 Å². The minimum atomic E-state index is -0.379. The zero-order chi connectivity index (χ0) is 14.0. The smallest absolute Gasteiger partial charge is 0.271 e. The second-order valence-electron chi connectivity index (χ2n) is 5.21. The van der Waals surface area contributed by atoms with Crippen LogP contribution in [0.5, 0.6) is 0 Å². The molecule has 3 heterocycles. The molecule has 0 saturated carbocycles. The minimum absolute atomic E-state index is 0.100. The topological polar surface area (TPSA) is 63.7 Å². The molecular weight excluding hydrogens is 278 g/mol. The normalized spacial score (nSPS) is 21.6. The number of rotatable bonds is 4. The minimum Gasteiger partial charge on any atom is -0.349 e. The Balaban J connectivity index is 1.41. The van der Waals surface area contributed by atoms with Crippen molar-refractivity contribution in [3.05, 3.63) is 16.6 Å². The summed E-state index contributed by atoms with van der Waals surface area (Å²) in [5, 5.41) is 2.90. The van der Waals surface area contributed by atoms with Crippen LogP contribution in [0.15, 0.2) is 6.07 Å². The van der Waals surface area contributed by atoms with E-state index in [1.807, 2.05) is 13.0 Å². The van der Waals surface area contributed by atoms with E-state index in [2.05, 4.69) is 14.6 Å². The van der Waals surface area contributed by atoms with Gasteiger partial charge in [-0.1, -0.05) is 0 Å². The first-order valence-electron chi connectivity index (χ1n) is 6.89. The second-order valence-corrected chi connectivity index (χ2v) is 6.22. The number of nitrogens with zero attached hydrogens (tertiary/aromatic N) is 2. The standard InChI is InChI=1S/C13H19N3O3S/c1-10-8-11(15-20-10)12(17)14-3-5-16-4-2-13(9-16)18-6-7-19-13/h8H,2-7,9H2,1H3,(H,14,17). The molecule has 2 aliphatic rings. The van der Waals surface area contributed by atoms with Crippen LogP contribution in [0.25, 0.3) is 0 Å². The van der Waals surface area contributed by atoms with Gasteiger partial charge in [0.05, 0.1) is 19.8 Å². The Morgan fingerprint density at radius 3 is 3.05 bits per heavy atom. The Bertz CT molecular complexity index is 485. The second kappa shape index (κ2) is 5.77. The molecule has 2 aliphatic heterocycles. The van der Waals surface area contributed by atoms with Gasteiger partial charge in [0.25, 0.3) is 5.91 Å². The van der Waals surface area contributed by atoms with Gasteiger partial charge in [-0.3, -0.25) is 9.69 Å². The van der Waals surface area contributed by atoms with Crippen LogP contribution >= 0.6 is 11.5 Å². The van der Waals surface area contributed by atoms with E-state index in [9.17, 15) is 4.79 Å². The fourth-order valence-electron chi connectivity index (χ4n) is 2.64. The van der Waals surface area contributed by atoms with Crippen LogP contribution < -0.4 is 5.32 Å². The van der Waals surface area contributed by atoms with Crippen molar-refractivity contribution >= 4 is 17.4 Å². The van der Waals surface area contributed by atoms with Gasteiger partial charge in [0.15, 0.2) is 5.79 Å². The predicted octanol–water partition coefficient (Wildman–Crippen LogP) is 0.630. The van der Waals surface area contributed by atoms with Gasteiger partial charge in [0, 0.05) is 30.9 Å². The summed E-state index contributed by atoms with van der Waals surface area (Å²) in [6.45, 7) is 6.49. The molecule has 3 rings (SSSR count). The number of carbonyl (C=O) groups is 1. The number of amides is 1. The molecule has 2 saturated heterocycles. The maximum Gasteiger partial charge on any atom is 0.271 e. The van der Waals surface area contributed by atoms with Crippen LogP contribution in [0.3, 0.4) is 0 Å². The van der Waals surface area contributed by atoms with E-state index < -0.39 is 0 Å². The molecule has 1 spiro atoms. The quantitative estimate of drug-likeness (QED) is 0.883. The van der Waals surface area contributed by atoms with Crippen molar-refractivity contribution in [3.8, 4) is 0 Å². The highest BCUT2D eigenvalue weighted by molar-refractivity contribution is 7.05. The Morgan fingerprint density at radius 1 is 1.55 bits per heavy atom. The van der Waals surface area contributed by atoms with Crippen molar-refractivity contribution in [1.82, 2.24) is 14.6 Å². The molecule has 0 atom stereocenters. The summed E-state index contributed by atoms with van der Waals surface area (Å²) >= 11 is 1.35. The molecule has 110 valence electrons. The molecule has 7 heteroatoms. The first-order valence-corrected chi connectivity index (χ1v) is 7.66. The Hall–Kier alpha value is -1.02. The SMILES string of the molecule is Cc1cc(C(=O)NCCN2CCC3(C2)OCCO3)ns1. The third kappa shape index (κ3) is 3.01. The maximum atomic E-state index is 11.8. The fourth-order valence-corrected chi connectivity index (χ4v) is 3.18. The first-order chi connectivity index (χ1) is 9.67. The van der Waals surface area contributed by atoms with Gasteiger partial charge in [-0.25, -0.2) is 0 Å². The number of ether oxygens (including phenoxy) is 2. The number of carbonyl (C=O) groups excluding carboxylic acids is 1. The van der Waals surface area contributed by atoms with Crippen molar-refractivity contribution in [2.75, 3.05) is 39.4 Å². The lowest BCUT2D eigenvalue weighted by Gasteiger charge is -2.22. The molecule has 0 aliphatic carbocycles. The first kappa shape index (κ1) is 13.9. The molecule has 1 aromatic rings. The number of hydrogen-bond acceptors (Lipinski definition) is 6. The molecule has 0 aromatic carbocycles. The van der Waals surface area contributed by atoms with Gasteiger partial charge in [0.2, 0.25) is 0 Å². The van der Waals surface area contributed by atoms with Crippen LogP contribution in [-0.4, -0.2) is 60.4 Å². The summed E-state index contributed by atoms with van der Waals surface area (Å²) in [7, 11) is 0. The van der Waals surface area contributed by atoms with Crippen LogP contribution in [-0.2, 0) is 9.47 Å². The van der Waals surface area contributed by atoms with Gasteiger partial charge >= 0.3 is 0 Å². The van der Waals surface area contributed by atoms with Gasteiger partial charge in [-0.15, -0.1) is 0 Å². The molecule has 1 N–H and O–H groups in total. The summed E-state index contributed by atoms with van der Waals surface area (Å²) in [6, 6.07) is 1.81. The number of likely N-dealkylation sites (tertiary alicyclic amines) is 1. The largest absolute Gasteiger partial charge is 0.349 e. The lowest BCUT2D eigenvalue weighted by atomic mass is 10.2. The number of hydrogen-bond donors (Lipinski definition) is 1. The molecule has 0 unspecified atom stereocenters. The van der Waals surface area contributed by atoms with E-state index in [-0.39, 0.29) is 11.7 Å². The molecule has 0 radical (unpaired) electrons. The number of nitrogens with one attached hydrogen (secondary N) is 1. The van der Waals surface area contributed by atoms with Crippen molar-refractivity contribution < 1.29 is 14.3 Å². The van der Waals surface area contributed by atoms with Crippen molar-refractivity contribution in [1.29, 1.82) is 0 Å². The van der Waals surface area contributed by atoms with E-state index in [0.29, 0.717) is 25.5 Å².